The summed E-state index contributed by atoms with van der Waals surface area (Å²) < 4.78 is 0. The fourth-order valence-corrected chi connectivity index (χ4v) is 0.962. The third-order valence-corrected chi connectivity index (χ3v) is 1.57. The van der Waals surface area contributed by atoms with Crippen molar-refractivity contribution in [2.75, 3.05) is 0 Å². The molecule has 0 saturated carbocycles. The second-order valence-corrected chi connectivity index (χ2v) is 2.88. The molecule has 3 heteroatoms. The first-order chi connectivity index (χ1) is 5.66. The van der Waals surface area contributed by atoms with Crippen molar-refractivity contribution in [3.63, 3.8) is 0 Å². The van der Waals surface area contributed by atoms with Crippen LogP contribution in [-0.4, -0.2) is 5.91 Å². The molecule has 1 atom stereocenters. The van der Waals surface area contributed by atoms with Crippen molar-refractivity contribution in [3.8, 4) is 6.07 Å². The molecule has 3 nitrogen and oxygen atoms in total. The molecule has 0 saturated heterocycles. The van der Waals surface area contributed by atoms with Crippen molar-refractivity contribution in [3.05, 3.63) is 12.2 Å². The minimum Gasteiger partial charge on any atom is -0.370 e. The predicted molar refractivity (Wildman–Crippen MR) is 47.0 cm³/mol. The fraction of sp³-hybridized carbons (Fsp3) is 0.556. The van der Waals surface area contributed by atoms with Crippen molar-refractivity contribution in [2.24, 2.45) is 11.7 Å². The number of rotatable bonds is 5. The van der Waals surface area contributed by atoms with Crippen LogP contribution in [0.3, 0.4) is 0 Å². The van der Waals surface area contributed by atoms with Gasteiger partial charge in [0.1, 0.15) is 0 Å². The third kappa shape index (κ3) is 6.81. The molecule has 0 bridgehead atoms. The average Bonchev–Trinajstić information content (AvgIpc) is 1.97. The molecule has 0 aliphatic rings. The van der Waals surface area contributed by atoms with E-state index in [1.165, 1.54) is 6.08 Å². The molecule has 66 valence electrons. The van der Waals surface area contributed by atoms with Crippen LogP contribution in [0, 0.1) is 17.2 Å². The molecule has 0 aliphatic carbocycles. The highest BCUT2D eigenvalue weighted by Gasteiger charge is 2.03. The zero-order valence-electron chi connectivity index (χ0n) is 7.29. The highest BCUT2D eigenvalue weighted by molar-refractivity contribution is 5.73. The van der Waals surface area contributed by atoms with E-state index in [4.69, 9.17) is 11.0 Å². The van der Waals surface area contributed by atoms with Gasteiger partial charge in [0.15, 0.2) is 0 Å². The predicted octanol–water partition coefficient (Wildman–Crippen LogP) is 1.36. The lowest BCUT2D eigenvalue weighted by Crippen LogP contribution is -2.14. The number of nitrogens with zero attached hydrogens (tertiary/aromatic N) is 1. The summed E-state index contributed by atoms with van der Waals surface area (Å²) in [5, 5.41) is 8.17. The first-order valence-corrected chi connectivity index (χ1v) is 3.99. The van der Waals surface area contributed by atoms with E-state index in [1.54, 1.807) is 6.08 Å². The summed E-state index contributed by atoms with van der Waals surface area (Å²) in [6, 6.07) is 1.91. The Balaban J connectivity index is 3.45. The summed E-state index contributed by atoms with van der Waals surface area (Å²) in [6.07, 6.45) is 5.43. The number of hydrogen-bond donors (Lipinski definition) is 1. The second-order valence-electron chi connectivity index (χ2n) is 2.88. The number of primary amides is 1. The van der Waals surface area contributed by atoms with Crippen molar-refractivity contribution in [1.82, 2.24) is 0 Å². The third-order valence-electron chi connectivity index (χ3n) is 1.57. The van der Waals surface area contributed by atoms with E-state index < -0.39 is 0 Å². The molecule has 0 aromatic heterocycles. The van der Waals surface area contributed by atoms with Gasteiger partial charge in [-0.15, -0.1) is 0 Å². The first-order valence-electron chi connectivity index (χ1n) is 3.99. The molecule has 0 fully saturated rings. The van der Waals surface area contributed by atoms with Gasteiger partial charge in [-0.25, -0.2) is 0 Å². The minimum atomic E-state index is -0.258. The van der Waals surface area contributed by atoms with E-state index in [-0.39, 0.29) is 5.91 Å². The van der Waals surface area contributed by atoms with Crippen LogP contribution in [0.4, 0.5) is 0 Å². The molecule has 12 heavy (non-hydrogen) atoms. The summed E-state index contributed by atoms with van der Waals surface area (Å²) in [7, 11) is 0. The molecule has 0 radical (unpaired) electrons. The Bertz CT molecular complexity index is 203. The Morgan fingerprint density at radius 1 is 1.75 bits per heavy atom. The number of carbonyl (C=O) groups is 1. The van der Waals surface area contributed by atoms with Gasteiger partial charge in [0.05, 0.1) is 6.07 Å². The summed E-state index contributed by atoms with van der Waals surface area (Å²) in [5.41, 5.74) is 5.01. The zero-order chi connectivity index (χ0) is 9.40. The Labute approximate surface area is 72.9 Å². The number of hydrogen-bond acceptors (Lipinski definition) is 2. The second kappa shape index (κ2) is 6.41. The Morgan fingerprint density at radius 3 is 2.92 bits per heavy atom. The van der Waals surface area contributed by atoms with Gasteiger partial charge in [-0.1, -0.05) is 13.0 Å². The molecular weight excluding hydrogens is 152 g/mol. The molecule has 0 aromatic carbocycles. The number of nitriles is 1. The summed E-state index contributed by atoms with van der Waals surface area (Å²) in [4.78, 5) is 10.5. The zero-order valence-corrected chi connectivity index (χ0v) is 7.29. The summed E-state index contributed by atoms with van der Waals surface area (Å²) >= 11 is 0. The number of nitrogens with two attached hydrogens (primary N) is 1. The van der Waals surface area contributed by atoms with Gasteiger partial charge < -0.3 is 5.73 Å². The van der Waals surface area contributed by atoms with Crippen LogP contribution in [0.5, 0.6) is 0 Å². The lowest BCUT2D eigenvalue weighted by atomic mass is 10.0. The SMILES string of the molecule is C[C@@H](CC/C=C/C#N)CC(N)=O. The van der Waals surface area contributed by atoms with Crippen LogP contribution in [0.15, 0.2) is 12.2 Å². The number of carbonyl (C=O) groups excluding carboxylic acids is 1. The van der Waals surface area contributed by atoms with Gasteiger partial charge in [0.25, 0.3) is 0 Å². The molecule has 0 unspecified atom stereocenters. The fourth-order valence-electron chi connectivity index (χ4n) is 0.962. The lowest BCUT2D eigenvalue weighted by Gasteiger charge is -2.05. The maximum absolute atomic E-state index is 10.5. The van der Waals surface area contributed by atoms with E-state index in [0.717, 1.165) is 12.8 Å². The van der Waals surface area contributed by atoms with Gasteiger partial charge in [-0.2, -0.15) is 5.26 Å². The average molecular weight is 166 g/mol. The molecule has 0 spiro atoms. The van der Waals surface area contributed by atoms with Gasteiger partial charge in [-0.3, -0.25) is 4.79 Å². The molecule has 2 N–H and O–H groups in total. The monoisotopic (exact) mass is 166 g/mol. The Hall–Kier alpha value is -1.30. The van der Waals surface area contributed by atoms with Crippen molar-refractivity contribution in [1.29, 1.82) is 5.26 Å². The lowest BCUT2D eigenvalue weighted by molar-refractivity contribution is -0.118. The van der Waals surface area contributed by atoms with E-state index in [0.29, 0.717) is 12.3 Å². The normalized spacial score (nSPS) is 12.7. The molecule has 0 heterocycles. The van der Waals surface area contributed by atoms with E-state index >= 15 is 0 Å². The van der Waals surface area contributed by atoms with Gasteiger partial charge in [0, 0.05) is 12.5 Å². The molecule has 0 aliphatic heterocycles. The van der Waals surface area contributed by atoms with Gasteiger partial charge in [0.2, 0.25) is 5.91 Å². The smallest absolute Gasteiger partial charge is 0.217 e. The number of allylic oxidation sites excluding steroid dienone is 2. The number of amides is 1. The molecule has 1 amide bonds. The van der Waals surface area contributed by atoms with Crippen LogP contribution in [0.2, 0.25) is 0 Å². The first kappa shape index (κ1) is 10.7. The molecule has 0 aromatic rings. The van der Waals surface area contributed by atoms with Crippen LogP contribution >= 0.6 is 0 Å². The Morgan fingerprint density at radius 2 is 2.42 bits per heavy atom. The van der Waals surface area contributed by atoms with Crippen LogP contribution in [-0.2, 0) is 4.79 Å². The van der Waals surface area contributed by atoms with E-state index in [2.05, 4.69) is 0 Å². The highest BCUT2D eigenvalue weighted by atomic mass is 16.1. The minimum absolute atomic E-state index is 0.258. The Kier molecular flexibility index (Phi) is 5.72. The van der Waals surface area contributed by atoms with Crippen LogP contribution in [0.1, 0.15) is 26.2 Å². The van der Waals surface area contributed by atoms with Crippen molar-refractivity contribution >= 4 is 5.91 Å². The van der Waals surface area contributed by atoms with E-state index in [1.807, 2.05) is 13.0 Å². The van der Waals surface area contributed by atoms with E-state index in [9.17, 15) is 4.79 Å². The molecular formula is C9H14N2O. The van der Waals surface area contributed by atoms with Crippen molar-refractivity contribution < 1.29 is 4.79 Å². The maximum atomic E-state index is 10.5. The maximum Gasteiger partial charge on any atom is 0.217 e. The standard InChI is InChI=1S/C9H14N2O/c1-8(7-9(11)12)5-3-2-4-6-10/h2,4,8H,3,5,7H2,1H3,(H2,11,12)/b4-2+/t8-/m0/s1. The summed E-state index contributed by atoms with van der Waals surface area (Å²) in [5.74, 6) is 0.0533. The van der Waals surface area contributed by atoms with Gasteiger partial charge >= 0.3 is 0 Å². The van der Waals surface area contributed by atoms with Crippen LogP contribution < -0.4 is 5.73 Å². The largest absolute Gasteiger partial charge is 0.370 e. The van der Waals surface area contributed by atoms with Crippen LogP contribution in [0.25, 0.3) is 0 Å². The molecule has 0 rings (SSSR count). The van der Waals surface area contributed by atoms with Crippen molar-refractivity contribution in [2.45, 2.75) is 26.2 Å². The topological polar surface area (TPSA) is 66.9 Å². The van der Waals surface area contributed by atoms with Gasteiger partial charge in [-0.05, 0) is 18.8 Å². The quantitative estimate of drug-likeness (QED) is 0.626. The summed E-state index contributed by atoms with van der Waals surface area (Å²) in [6.45, 7) is 1.98. The highest BCUT2D eigenvalue weighted by Crippen LogP contribution is 2.09.